The molecule has 0 atom stereocenters. The third-order valence-electron chi connectivity index (χ3n) is 2.71. The number of fused-ring (bicyclic) bond motifs is 1. The number of hydrogen-bond acceptors (Lipinski definition) is 2. The van der Waals surface area contributed by atoms with Gasteiger partial charge in [0, 0.05) is 5.39 Å². The second kappa shape index (κ2) is 3.63. The summed E-state index contributed by atoms with van der Waals surface area (Å²) in [6, 6.07) is 11.7. The quantitative estimate of drug-likeness (QED) is 0.684. The molecule has 84 valence electrons. The highest BCUT2D eigenvalue weighted by atomic mass is 19.1. The lowest BCUT2D eigenvalue weighted by Gasteiger charge is -2.02. The number of phenolic OH excluding ortho intramolecular Hbond substituents is 1. The first-order valence-electron chi connectivity index (χ1n) is 5.20. The first kappa shape index (κ1) is 9.90. The van der Waals surface area contributed by atoms with Crippen LogP contribution < -0.4 is 0 Å². The Balaban J connectivity index is 2.20. The monoisotopic (exact) mass is 228 g/mol. The molecule has 2 nitrogen and oxygen atoms in total. The fourth-order valence-electron chi connectivity index (χ4n) is 1.86. The maximum Gasteiger partial charge on any atom is 0.169 e. The van der Waals surface area contributed by atoms with Gasteiger partial charge in [0.25, 0.3) is 0 Å². The van der Waals surface area contributed by atoms with Crippen molar-refractivity contribution in [1.82, 2.24) is 0 Å². The Kier molecular flexibility index (Phi) is 2.11. The Morgan fingerprint density at radius 2 is 1.71 bits per heavy atom. The van der Waals surface area contributed by atoms with E-state index in [4.69, 9.17) is 4.42 Å². The number of rotatable bonds is 1. The molecule has 2 aromatic carbocycles. The van der Waals surface area contributed by atoms with Crippen molar-refractivity contribution in [2.45, 2.75) is 0 Å². The highest BCUT2D eigenvalue weighted by Gasteiger charge is 2.07. The minimum Gasteiger partial charge on any atom is -0.508 e. The molecule has 3 heteroatoms. The van der Waals surface area contributed by atoms with Crippen LogP contribution in [0.25, 0.3) is 22.1 Å². The summed E-state index contributed by atoms with van der Waals surface area (Å²) in [6.45, 7) is 0. The van der Waals surface area contributed by atoms with Gasteiger partial charge in [0.2, 0.25) is 0 Å². The minimum atomic E-state index is -0.379. The van der Waals surface area contributed by atoms with Crippen LogP contribution in [0.2, 0.25) is 0 Å². The molecule has 0 unspecified atom stereocenters. The van der Waals surface area contributed by atoms with Crippen LogP contribution in [0.1, 0.15) is 0 Å². The molecule has 0 aliphatic rings. The van der Waals surface area contributed by atoms with Crippen LogP contribution in [-0.4, -0.2) is 5.11 Å². The first-order valence-corrected chi connectivity index (χ1v) is 5.20. The summed E-state index contributed by atoms with van der Waals surface area (Å²) in [5.74, 6) is -0.186. The number of halogens is 1. The van der Waals surface area contributed by atoms with Gasteiger partial charge in [-0.1, -0.05) is 12.1 Å². The van der Waals surface area contributed by atoms with Crippen molar-refractivity contribution < 1.29 is 13.9 Å². The summed E-state index contributed by atoms with van der Waals surface area (Å²) in [4.78, 5) is 0. The highest BCUT2D eigenvalue weighted by molar-refractivity contribution is 5.84. The molecule has 0 aliphatic carbocycles. The van der Waals surface area contributed by atoms with Crippen LogP contribution in [0, 0.1) is 5.82 Å². The summed E-state index contributed by atoms with van der Waals surface area (Å²) in [7, 11) is 0. The third kappa shape index (κ3) is 1.65. The van der Waals surface area contributed by atoms with Gasteiger partial charge in [-0.05, 0) is 41.5 Å². The van der Waals surface area contributed by atoms with Crippen LogP contribution in [-0.2, 0) is 0 Å². The summed E-state index contributed by atoms with van der Waals surface area (Å²) in [5, 5.41) is 9.94. The zero-order valence-electron chi connectivity index (χ0n) is 8.85. The molecule has 0 bridgehead atoms. The molecule has 1 heterocycles. The third-order valence-corrected chi connectivity index (χ3v) is 2.71. The molecule has 3 aromatic rings. The van der Waals surface area contributed by atoms with Crippen molar-refractivity contribution in [3.05, 3.63) is 54.5 Å². The van der Waals surface area contributed by atoms with Crippen molar-refractivity contribution in [2.24, 2.45) is 0 Å². The number of aromatic hydroxyl groups is 1. The molecule has 0 saturated carbocycles. The van der Waals surface area contributed by atoms with Gasteiger partial charge < -0.3 is 9.52 Å². The van der Waals surface area contributed by atoms with E-state index in [9.17, 15) is 9.50 Å². The summed E-state index contributed by atoms with van der Waals surface area (Å²) < 4.78 is 18.7. The highest BCUT2D eigenvalue weighted by Crippen LogP contribution is 2.28. The summed E-state index contributed by atoms with van der Waals surface area (Å²) in [5.41, 5.74) is 1.88. The van der Waals surface area contributed by atoms with Crippen molar-refractivity contribution in [3.8, 4) is 16.9 Å². The Hall–Kier alpha value is -2.29. The standard InChI is InChI=1S/C14H9FO2/c15-13-8-11(7-10-5-6-17-14(10)13)9-1-3-12(16)4-2-9/h1-8,16H. The Morgan fingerprint density at radius 1 is 0.941 bits per heavy atom. The molecule has 1 aromatic heterocycles. The largest absolute Gasteiger partial charge is 0.508 e. The van der Waals surface area contributed by atoms with Gasteiger partial charge in [-0.3, -0.25) is 0 Å². The van der Waals surface area contributed by atoms with E-state index >= 15 is 0 Å². The second-order valence-corrected chi connectivity index (χ2v) is 3.84. The van der Waals surface area contributed by atoms with Crippen molar-refractivity contribution in [2.75, 3.05) is 0 Å². The fraction of sp³-hybridized carbons (Fsp3) is 0. The molecular weight excluding hydrogens is 219 g/mol. The van der Waals surface area contributed by atoms with E-state index in [-0.39, 0.29) is 17.1 Å². The second-order valence-electron chi connectivity index (χ2n) is 3.84. The van der Waals surface area contributed by atoms with E-state index in [1.165, 1.54) is 12.3 Å². The average Bonchev–Trinajstić information content (AvgIpc) is 2.78. The summed E-state index contributed by atoms with van der Waals surface area (Å²) in [6.07, 6.45) is 1.47. The van der Waals surface area contributed by atoms with Gasteiger partial charge in [-0.15, -0.1) is 0 Å². The predicted molar refractivity (Wildman–Crippen MR) is 63.3 cm³/mol. The zero-order chi connectivity index (χ0) is 11.8. The van der Waals surface area contributed by atoms with Crippen LogP contribution >= 0.6 is 0 Å². The van der Waals surface area contributed by atoms with Gasteiger partial charge in [0.15, 0.2) is 11.4 Å². The van der Waals surface area contributed by atoms with Gasteiger partial charge in [-0.25, -0.2) is 4.39 Å². The number of hydrogen-bond donors (Lipinski definition) is 1. The zero-order valence-corrected chi connectivity index (χ0v) is 8.85. The van der Waals surface area contributed by atoms with E-state index in [1.807, 2.05) is 6.07 Å². The van der Waals surface area contributed by atoms with E-state index < -0.39 is 0 Å². The van der Waals surface area contributed by atoms with E-state index in [0.29, 0.717) is 0 Å². The lowest BCUT2D eigenvalue weighted by molar-refractivity contribution is 0.475. The maximum atomic E-state index is 13.7. The van der Waals surface area contributed by atoms with Gasteiger partial charge in [-0.2, -0.15) is 0 Å². The van der Waals surface area contributed by atoms with Gasteiger partial charge in [0.1, 0.15) is 5.75 Å². The lowest BCUT2D eigenvalue weighted by Crippen LogP contribution is -1.81. The van der Waals surface area contributed by atoms with Crippen LogP contribution in [0.3, 0.4) is 0 Å². The van der Waals surface area contributed by atoms with Crippen LogP contribution in [0.5, 0.6) is 5.75 Å². The lowest BCUT2D eigenvalue weighted by atomic mass is 10.0. The number of benzene rings is 2. The minimum absolute atomic E-state index is 0.193. The molecule has 0 spiro atoms. The molecule has 17 heavy (non-hydrogen) atoms. The molecular formula is C14H9FO2. The molecule has 0 radical (unpaired) electrons. The molecule has 0 amide bonds. The summed E-state index contributed by atoms with van der Waals surface area (Å²) >= 11 is 0. The number of phenols is 1. The smallest absolute Gasteiger partial charge is 0.169 e. The molecule has 3 rings (SSSR count). The fourth-order valence-corrected chi connectivity index (χ4v) is 1.86. The number of furan rings is 1. The Labute approximate surface area is 96.9 Å². The maximum absolute atomic E-state index is 13.7. The molecule has 0 saturated heterocycles. The Morgan fingerprint density at radius 3 is 2.47 bits per heavy atom. The molecule has 0 fully saturated rings. The molecule has 1 N–H and O–H groups in total. The average molecular weight is 228 g/mol. The van der Waals surface area contributed by atoms with Gasteiger partial charge in [0.05, 0.1) is 6.26 Å². The Bertz CT molecular complexity index is 668. The van der Waals surface area contributed by atoms with Crippen molar-refractivity contribution >= 4 is 11.0 Å². The first-order chi connectivity index (χ1) is 8.24. The van der Waals surface area contributed by atoms with Crippen LogP contribution in [0.15, 0.2) is 53.1 Å². The van der Waals surface area contributed by atoms with E-state index in [2.05, 4.69) is 0 Å². The van der Waals surface area contributed by atoms with Crippen LogP contribution in [0.4, 0.5) is 4.39 Å². The molecule has 0 aliphatic heterocycles. The SMILES string of the molecule is Oc1ccc(-c2cc(F)c3occc3c2)cc1. The van der Waals surface area contributed by atoms with Crippen molar-refractivity contribution in [1.29, 1.82) is 0 Å². The van der Waals surface area contributed by atoms with E-state index in [1.54, 1.807) is 30.3 Å². The normalized spacial score (nSPS) is 10.9. The topological polar surface area (TPSA) is 33.4 Å². The van der Waals surface area contributed by atoms with E-state index in [0.717, 1.165) is 16.5 Å². The van der Waals surface area contributed by atoms with Gasteiger partial charge >= 0.3 is 0 Å². The van der Waals surface area contributed by atoms with Crippen molar-refractivity contribution in [3.63, 3.8) is 0 Å². The predicted octanol–water partition coefficient (Wildman–Crippen LogP) is 3.94.